The van der Waals surface area contributed by atoms with E-state index < -0.39 is 0 Å². The Hall–Kier alpha value is -1.65. The van der Waals surface area contributed by atoms with Crippen molar-refractivity contribution in [1.29, 1.82) is 0 Å². The van der Waals surface area contributed by atoms with Crippen molar-refractivity contribution in [2.24, 2.45) is 0 Å². The van der Waals surface area contributed by atoms with Crippen LogP contribution in [0, 0.1) is 0 Å². The fraction of sp³-hybridized carbons (Fsp3) is 0.333. The van der Waals surface area contributed by atoms with Crippen molar-refractivity contribution >= 4 is 11.8 Å². The Labute approximate surface area is 136 Å². The molecule has 0 radical (unpaired) electrons. The number of rotatable bonds is 6. The second kappa shape index (κ2) is 7.07. The van der Waals surface area contributed by atoms with E-state index in [4.69, 9.17) is 9.47 Å². The molecular formula is C18H21NO2S. The topological polar surface area (TPSA) is 21.7 Å². The van der Waals surface area contributed by atoms with Crippen molar-refractivity contribution in [2.75, 3.05) is 26.5 Å². The Bertz CT molecular complexity index is 572. The number of methoxy groups -OCH3 is 1. The number of hydrogen-bond donors (Lipinski definition) is 0. The summed E-state index contributed by atoms with van der Waals surface area (Å²) in [7, 11) is 1.67. The van der Waals surface area contributed by atoms with E-state index in [0.29, 0.717) is 0 Å². The minimum atomic E-state index is 0.274. The third kappa shape index (κ3) is 3.76. The number of thioether (sulfide) groups is 1. The summed E-state index contributed by atoms with van der Waals surface area (Å²) in [6.45, 7) is 2.94. The van der Waals surface area contributed by atoms with Crippen molar-refractivity contribution in [3.05, 3.63) is 54.1 Å². The summed E-state index contributed by atoms with van der Waals surface area (Å²) >= 11 is 1.79. The first-order valence-electron chi connectivity index (χ1n) is 7.43. The molecule has 1 fully saturated rings. The second-order valence-electron chi connectivity index (χ2n) is 5.46. The third-order valence-corrected chi connectivity index (χ3v) is 4.53. The molecule has 116 valence electrons. The van der Waals surface area contributed by atoms with Crippen LogP contribution in [-0.2, 0) is 6.54 Å². The van der Waals surface area contributed by atoms with Gasteiger partial charge in [0.2, 0.25) is 0 Å². The highest BCUT2D eigenvalue weighted by Gasteiger charge is 2.28. The van der Waals surface area contributed by atoms with Gasteiger partial charge in [-0.05, 0) is 36.1 Å². The fourth-order valence-corrected chi connectivity index (χ4v) is 3.11. The summed E-state index contributed by atoms with van der Waals surface area (Å²) in [4.78, 5) is 3.73. The van der Waals surface area contributed by atoms with Crippen LogP contribution in [-0.4, -0.2) is 37.5 Å². The van der Waals surface area contributed by atoms with E-state index in [1.54, 1.807) is 18.9 Å². The lowest BCUT2D eigenvalue weighted by molar-refractivity contribution is 0.0144. The van der Waals surface area contributed by atoms with Gasteiger partial charge in [0.1, 0.15) is 17.6 Å². The van der Waals surface area contributed by atoms with Crippen molar-refractivity contribution in [3.63, 3.8) is 0 Å². The highest BCUT2D eigenvalue weighted by Crippen LogP contribution is 2.24. The monoisotopic (exact) mass is 315 g/mol. The Kier molecular flexibility index (Phi) is 4.90. The summed E-state index contributed by atoms with van der Waals surface area (Å²) in [5.41, 5.74) is 1.37. The van der Waals surface area contributed by atoms with E-state index in [0.717, 1.165) is 31.1 Å². The number of benzene rings is 2. The molecule has 22 heavy (non-hydrogen) atoms. The van der Waals surface area contributed by atoms with Gasteiger partial charge in [-0.3, -0.25) is 4.90 Å². The van der Waals surface area contributed by atoms with Crippen LogP contribution in [0.2, 0.25) is 0 Å². The molecule has 0 atom stereocenters. The van der Waals surface area contributed by atoms with Crippen LogP contribution in [0.5, 0.6) is 11.5 Å². The quantitative estimate of drug-likeness (QED) is 0.758. The highest BCUT2D eigenvalue weighted by atomic mass is 32.2. The molecule has 0 spiro atoms. The maximum Gasteiger partial charge on any atom is 0.124 e. The van der Waals surface area contributed by atoms with Crippen LogP contribution in [0.1, 0.15) is 5.56 Å². The first kappa shape index (κ1) is 15.3. The van der Waals surface area contributed by atoms with Crippen LogP contribution in [0.4, 0.5) is 0 Å². The Morgan fingerprint density at radius 2 is 1.86 bits per heavy atom. The Morgan fingerprint density at radius 1 is 1.09 bits per heavy atom. The van der Waals surface area contributed by atoms with Crippen LogP contribution in [0.25, 0.3) is 0 Å². The molecule has 0 N–H and O–H groups in total. The van der Waals surface area contributed by atoms with E-state index >= 15 is 0 Å². The lowest BCUT2D eigenvalue weighted by atomic mass is 10.1. The van der Waals surface area contributed by atoms with E-state index in [1.165, 1.54) is 10.5 Å². The van der Waals surface area contributed by atoms with Gasteiger partial charge in [-0.15, -0.1) is 11.8 Å². The molecule has 1 heterocycles. The van der Waals surface area contributed by atoms with Gasteiger partial charge in [-0.2, -0.15) is 0 Å². The van der Waals surface area contributed by atoms with Crippen LogP contribution in [0.15, 0.2) is 53.4 Å². The molecular weight excluding hydrogens is 294 g/mol. The SMILES string of the molecule is COc1cccc(OC2CN(Cc3cccc(SC)c3)C2)c1. The van der Waals surface area contributed by atoms with Crippen molar-refractivity contribution < 1.29 is 9.47 Å². The average molecular weight is 315 g/mol. The molecule has 0 aromatic heterocycles. The van der Waals surface area contributed by atoms with Gasteiger partial charge in [0.05, 0.1) is 7.11 Å². The molecule has 2 aromatic carbocycles. The van der Waals surface area contributed by atoms with Gasteiger partial charge in [-0.25, -0.2) is 0 Å². The molecule has 0 amide bonds. The number of hydrogen-bond acceptors (Lipinski definition) is 4. The van der Waals surface area contributed by atoms with Gasteiger partial charge in [0.15, 0.2) is 0 Å². The maximum atomic E-state index is 5.98. The summed E-state index contributed by atoms with van der Waals surface area (Å²) in [5, 5.41) is 0. The third-order valence-electron chi connectivity index (χ3n) is 3.81. The molecule has 2 aromatic rings. The lowest BCUT2D eigenvalue weighted by Gasteiger charge is -2.39. The first-order valence-corrected chi connectivity index (χ1v) is 8.65. The predicted molar refractivity (Wildman–Crippen MR) is 90.9 cm³/mol. The lowest BCUT2D eigenvalue weighted by Crippen LogP contribution is -2.53. The van der Waals surface area contributed by atoms with Crippen molar-refractivity contribution in [3.8, 4) is 11.5 Å². The van der Waals surface area contributed by atoms with E-state index in [-0.39, 0.29) is 6.10 Å². The van der Waals surface area contributed by atoms with Gasteiger partial charge in [-0.1, -0.05) is 18.2 Å². The van der Waals surface area contributed by atoms with Gasteiger partial charge < -0.3 is 9.47 Å². The molecule has 3 nitrogen and oxygen atoms in total. The zero-order valence-electron chi connectivity index (χ0n) is 13.0. The molecule has 1 aliphatic heterocycles. The van der Waals surface area contributed by atoms with Crippen LogP contribution in [0.3, 0.4) is 0 Å². The molecule has 4 heteroatoms. The molecule has 0 unspecified atom stereocenters. The zero-order chi connectivity index (χ0) is 15.4. The zero-order valence-corrected chi connectivity index (χ0v) is 13.8. The largest absolute Gasteiger partial charge is 0.497 e. The average Bonchev–Trinajstić information content (AvgIpc) is 2.53. The van der Waals surface area contributed by atoms with Crippen LogP contribution >= 0.6 is 11.8 Å². The van der Waals surface area contributed by atoms with Crippen molar-refractivity contribution in [1.82, 2.24) is 4.90 Å². The molecule has 0 aliphatic carbocycles. The standard InChI is InChI=1S/C18H21NO2S/c1-20-15-6-4-7-16(10-15)21-17-12-19(13-17)11-14-5-3-8-18(9-14)22-2/h3-10,17H,11-13H2,1-2H3. The summed E-state index contributed by atoms with van der Waals surface area (Å²) in [6.07, 6.45) is 2.39. The first-order chi connectivity index (χ1) is 10.8. The summed E-state index contributed by atoms with van der Waals surface area (Å²) < 4.78 is 11.2. The maximum absolute atomic E-state index is 5.98. The normalized spacial score (nSPS) is 15.4. The van der Waals surface area contributed by atoms with E-state index in [9.17, 15) is 0 Å². The molecule has 3 rings (SSSR count). The van der Waals surface area contributed by atoms with E-state index in [2.05, 4.69) is 35.4 Å². The Morgan fingerprint density at radius 3 is 2.64 bits per heavy atom. The second-order valence-corrected chi connectivity index (χ2v) is 6.34. The highest BCUT2D eigenvalue weighted by molar-refractivity contribution is 7.98. The summed E-state index contributed by atoms with van der Waals surface area (Å²) in [5.74, 6) is 1.72. The predicted octanol–water partition coefficient (Wildman–Crippen LogP) is 3.68. The fourth-order valence-electron chi connectivity index (χ4n) is 2.62. The van der Waals surface area contributed by atoms with Gasteiger partial charge in [0, 0.05) is 30.6 Å². The number of ether oxygens (including phenoxy) is 2. The Balaban J connectivity index is 1.49. The minimum Gasteiger partial charge on any atom is -0.497 e. The molecule has 1 aliphatic rings. The minimum absolute atomic E-state index is 0.274. The van der Waals surface area contributed by atoms with Crippen molar-refractivity contribution in [2.45, 2.75) is 17.5 Å². The summed E-state index contributed by atoms with van der Waals surface area (Å²) in [6, 6.07) is 16.5. The van der Waals surface area contributed by atoms with Crippen LogP contribution < -0.4 is 9.47 Å². The number of likely N-dealkylation sites (tertiary alicyclic amines) is 1. The number of nitrogens with zero attached hydrogens (tertiary/aromatic N) is 1. The van der Waals surface area contributed by atoms with Gasteiger partial charge >= 0.3 is 0 Å². The smallest absolute Gasteiger partial charge is 0.124 e. The molecule has 0 saturated carbocycles. The molecule has 0 bridgehead atoms. The van der Waals surface area contributed by atoms with E-state index in [1.807, 2.05) is 24.3 Å². The molecule has 1 saturated heterocycles. The van der Waals surface area contributed by atoms with Gasteiger partial charge in [0.25, 0.3) is 0 Å².